The van der Waals surface area contributed by atoms with Crippen LogP contribution in [0.2, 0.25) is 0 Å². The largest absolute Gasteiger partial charge is 0.497 e. The van der Waals surface area contributed by atoms with Gasteiger partial charge in [0.2, 0.25) is 0 Å². The number of piperazine rings is 1. The van der Waals surface area contributed by atoms with E-state index in [-0.39, 0.29) is 0 Å². The van der Waals surface area contributed by atoms with Crippen molar-refractivity contribution in [1.82, 2.24) is 25.0 Å². The number of nitrogens with one attached hydrogen (secondary N) is 1. The highest BCUT2D eigenvalue weighted by Crippen LogP contribution is 2.22. The molecule has 1 N–H and O–H groups in total. The molecule has 9 nitrogen and oxygen atoms in total. The number of anilines is 1. The number of guanidine groups is 1. The van der Waals surface area contributed by atoms with E-state index in [0.717, 1.165) is 75.7 Å². The second-order valence-corrected chi connectivity index (χ2v) is 7.52. The minimum atomic E-state index is 0.501. The number of aromatic nitrogens is 3. The van der Waals surface area contributed by atoms with E-state index in [1.807, 2.05) is 37.6 Å². The summed E-state index contributed by atoms with van der Waals surface area (Å²) in [6, 6.07) is 8.24. The fourth-order valence-corrected chi connectivity index (χ4v) is 3.50. The van der Waals surface area contributed by atoms with Gasteiger partial charge >= 0.3 is 0 Å². The summed E-state index contributed by atoms with van der Waals surface area (Å²) in [4.78, 5) is 9.57. The van der Waals surface area contributed by atoms with E-state index in [9.17, 15) is 0 Å². The molecule has 2 heterocycles. The second kappa shape index (κ2) is 11.5. The Morgan fingerprint density at radius 2 is 2.00 bits per heavy atom. The van der Waals surface area contributed by atoms with Gasteiger partial charge < -0.3 is 29.2 Å². The minimum absolute atomic E-state index is 0.501. The molecule has 9 heteroatoms. The van der Waals surface area contributed by atoms with Crippen LogP contribution in [0.1, 0.15) is 25.0 Å². The van der Waals surface area contributed by atoms with Crippen LogP contribution < -0.4 is 15.0 Å². The maximum atomic E-state index is 5.46. The average Bonchev–Trinajstić information content (AvgIpc) is 3.13. The van der Waals surface area contributed by atoms with Crippen LogP contribution in [0.5, 0.6) is 5.75 Å². The molecular formula is C22H35N7O2. The minimum Gasteiger partial charge on any atom is -0.497 e. The summed E-state index contributed by atoms with van der Waals surface area (Å²) in [5.74, 6) is 3.56. The number of nitrogens with zero attached hydrogens (tertiary/aromatic N) is 6. The van der Waals surface area contributed by atoms with Crippen molar-refractivity contribution >= 4 is 11.6 Å². The van der Waals surface area contributed by atoms with Gasteiger partial charge in [-0.2, -0.15) is 0 Å². The molecule has 0 unspecified atom stereocenters. The molecular weight excluding hydrogens is 394 g/mol. The first-order valence-electron chi connectivity index (χ1n) is 11.0. The van der Waals surface area contributed by atoms with Crippen LogP contribution in [0.25, 0.3) is 0 Å². The lowest BCUT2D eigenvalue weighted by molar-refractivity contribution is 0.145. The van der Waals surface area contributed by atoms with Gasteiger partial charge in [-0.3, -0.25) is 0 Å². The molecule has 0 aliphatic carbocycles. The first-order valence-corrected chi connectivity index (χ1v) is 11.0. The second-order valence-electron chi connectivity index (χ2n) is 7.52. The monoisotopic (exact) mass is 429 g/mol. The van der Waals surface area contributed by atoms with Gasteiger partial charge in [-0.15, -0.1) is 10.2 Å². The lowest BCUT2D eigenvalue weighted by Gasteiger charge is -2.38. The number of ether oxygens (including phenoxy) is 2. The van der Waals surface area contributed by atoms with Crippen molar-refractivity contribution in [3.05, 3.63) is 35.9 Å². The SMILES string of the molecule is CCOCCCNC(=NCc1nnc(C)n1C)N1CCN(c2cccc(OC)c2)CC1. The topological polar surface area (TPSA) is 80.0 Å². The zero-order chi connectivity index (χ0) is 22.1. The van der Waals surface area contributed by atoms with Gasteiger partial charge in [-0.05, 0) is 32.4 Å². The molecule has 1 aliphatic heterocycles. The number of benzene rings is 1. The lowest BCUT2D eigenvalue weighted by atomic mass is 10.2. The van der Waals surface area contributed by atoms with Crippen molar-refractivity contribution in [2.75, 3.05) is 57.9 Å². The van der Waals surface area contributed by atoms with E-state index in [0.29, 0.717) is 6.54 Å². The molecule has 2 aromatic rings. The van der Waals surface area contributed by atoms with Crippen molar-refractivity contribution in [1.29, 1.82) is 0 Å². The van der Waals surface area contributed by atoms with Crippen molar-refractivity contribution in [2.24, 2.45) is 12.0 Å². The maximum absolute atomic E-state index is 5.46. The fourth-order valence-electron chi connectivity index (χ4n) is 3.50. The molecule has 1 aromatic carbocycles. The van der Waals surface area contributed by atoms with Gasteiger partial charge in [-0.25, -0.2) is 4.99 Å². The molecule has 0 bridgehead atoms. The molecule has 1 fully saturated rings. The predicted molar refractivity (Wildman–Crippen MR) is 123 cm³/mol. The highest BCUT2D eigenvalue weighted by molar-refractivity contribution is 5.80. The summed E-state index contributed by atoms with van der Waals surface area (Å²) in [7, 11) is 3.68. The number of hydrogen-bond donors (Lipinski definition) is 1. The van der Waals surface area contributed by atoms with E-state index in [1.165, 1.54) is 5.69 Å². The van der Waals surface area contributed by atoms with E-state index < -0.39 is 0 Å². The molecule has 1 saturated heterocycles. The Hall–Kier alpha value is -2.81. The maximum Gasteiger partial charge on any atom is 0.194 e. The average molecular weight is 430 g/mol. The third-order valence-electron chi connectivity index (χ3n) is 5.50. The molecule has 31 heavy (non-hydrogen) atoms. The van der Waals surface area contributed by atoms with Gasteiger partial charge in [0.25, 0.3) is 0 Å². The number of rotatable bonds is 9. The predicted octanol–water partition coefficient (Wildman–Crippen LogP) is 1.83. The summed E-state index contributed by atoms with van der Waals surface area (Å²) in [5, 5.41) is 11.9. The van der Waals surface area contributed by atoms with Crippen LogP contribution in [0.15, 0.2) is 29.3 Å². The van der Waals surface area contributed by atoms with Crippen LogP contribution in [0.3, 0.4) is 0 Å². The van der Waals surface area contributed by atoms with Crippen molar-refractivity contribution in [3.8, 4) is 5.75 Å². The summed E-state index contributed by atoms with van der Waals surface area (Å²) >= 11 is 0. The zero-order valence-corrected chi connectivity index (χ0v) is 19.2. The standard InChI is InChI=1S/C22H35N7O2/c1-5-31-15-7-10-23-22(24-17-21-26-25-18(2)27(21)3)29-13-11-28(12-14-29)19-8-6-9-20(16-19)30-4/h6,8-9,16H,5,7,10-15,17H2,1-4H3,(H,23,24). The quantitative estimate of drug-likeness (QED) is 0.370. The molecule has 3 rings (SSSR count). The van der Waals surface area contributed by atoms with E-state index in [2.05, 4.69) is 37.4 Å². The summed E-state index contributed by atoms with van der Waals surface area (Å²) < 4.78 is 12.8. The molecule has 0 spiro atoms. The van der Waals surface area contributed by atoms with Crippen molar-refractivity contribution in [3.63, 3.8) is 0 Å². The van der Waals surface area contributed by atoms with Crippen LogP contribution in [-0.4, -0.2) is 78.7 Å². The number of aliphatic imine (C=N–C) groups is 1. The summed E-state index contributed by atoms with van der Waals surface area (Å²) in [5.41, 5.74) is 1.19. The smallest absolute Gasteiger partial charge is 0.194 e. The number of methoxy groups -OCH3 is 1. The van der Waals surface area contributed by atoms with Gasteiger partial charge in [0, 0.05) is 64.7 Å². The van der Waals surface area contributed by atoms with Crippen LogP contribution in [0, 0.1) is 6.92 Å². The lowest BCUT2D eigenvalue weighted by Crippen LogP contribution is -2.52. The molecule has 1 aromatic heterocycles. The first kappa shape index (κ1) is 22.9. The van der Waals surface area contributed by atoms with E-state index in [1.54, 1.807) is 7.11 Å². The molecule has 170 valence electrons. The first-order chi connectivity index (χ1) is 15.1. The fraction of sp³-hybridized carbons (Fsp3) is 0.591. The Morgan fingerprint density at radius 3 is 2.68 bits per heavy atom. The Balaban J connectivity index is 1.62. The Kier molecular flexibility index (Phi) is 8.52. The molecule has 0 saturated carbocycles. The number of hydrogen-bond acceptors (Lipinski definition) is 6. The Bertz CT molecular complexity index is 844. The van der Waals surface area contributed by atoms with Crippen LogP contribution in [0.4, 0.5) is 5.69 Å². The van der Waals surface area contributed by atoms with Gasteiger partial charge in [0.1, 0.15) is 18.1 Å². The third-order valence-corrected chi connectivity index (χ3v) is 5.50. The Labute approximate surface area is 185 Å². The van der Waals surface area contributed by atoms with E-state index >= 15 is 0 Å². The third kappa shape index (κ3) is 6.33. The van der Waals surface area contributed by atoms with E-state index in [4.69, 9.17) is 14.5 Å². The van der Waals surface area contributed by atoms with Crippen molar-refractivity contribution < 1.29 is 9.47 Å². The molecule has 0 atom stereocenters. The highest BCUT2D eigenvalue weighted by atomic mass is 16.5. The molecule has 0 radical (unpaired) electrons. The zero-order valence-electron chi connectivity index (χ0n) is 19.2. The van der Waals surface area contributed by atoms with Crippen molar-refractivity contribution in [2.45, 2.75) is 26.8 Å². The normalized spacial score (nSPS) is 14.8. The van der Waals surface area contributed by atoms with Crippen LogP contribution in [-0.2, 0) is 18.3 Å². The Morgan fingerprint density at radius 1 is 1.19 bits per heavy atom. The highest BCUT2D eigenvalue weighted by Gasteiger charge is 2.20. The summed E-state index contributed by atoms with van der Waals surface area (Å²) in [6.45, 7) is 10.4. The number of aryl methyl sites for hydroxylation is 1. The van der Waals surface area contributed by atoms with Crippen LogP contribution >= 0.6 is 0 Å². The molecule has 1 aliphatic rings. The summed E-state index contributed by atoms with van der Waals surface area (Å²) in [6.07, 6.45) is 0.944. The van der Waals surface area contributed by atoms with Gasteiger partial charge in [0.15, 0.2) is 11.8 Å². The van der Waals surface area contributed by atoms with Gasteiger partial charge in [0.05, 0.1) is 7.11 Å². The molecule has 0 amide bonds. The van der Waals surface area contributed by atoms with Gasteiger partial charge in [-0.1, -0.05) is 6.07 Å².